The third-order valence-electron chi connectivity index (χ3n) is 14.6. The molecule has 2 saturated carbocycles. The summed E-state index contributed by atoms with van der Waals surface area (Å²) in [6.07, 6.45) is 8.01. The van der Waals surface area contributed by atoms with Crippen LogP contribution in [0.3, 0.4) is 0 Å². The van der Waals surface area contributed by atoms with E-state index in [0.717, 1.165) is 21.4 Å². The Balaban J connectivity index is 0.000000191. The van der Waals surface area contributed by atoms with Gasteiger partial charge in [-0.2, -0.15) is 12.1 Å². The summed E-state index contributed by atoms with van der Waals surface area (Å²) >= 11 is -0.826. The maximum absolute atomic E-state index is 4.93. The molecule has 0 atom stereocenters. The van der Waals surface area contributed by atoms with E-state index in [2.05, 4.69) is 242 Å². The predicted molar refractivity (Wildman–Crippen MR) is 318 cm³/mol. The van der Waals surface area contributed by atoms with Gasteiger partial charge >= 0.3 is 37.9 Å². The first-order chi connectivity index (χ1) is 34.0. The molecule has 0 N–H and O–H groups in total. The summed E-state index contributed by atoms with van der Waals surface area (Å²) in [4.78, 5) is 0. The first-order valence-corrected chi connectivity index (χ1v) is 34.8. The first-order valence-electron chi connectivity index (χ1n) is 26.5. The molecule has 0 saturated heterocycles. The summed E-state index contributed by atoms with van der Waals surface area (Å²) in [5.41, 5.74) is 19.9. The van der Waals surface area contributed by atoms with E-state index in [1.807, 2.05) is 0 Å². The summed E-state index contributed by atoms with van der Waals surface area (Å²) < 4.78 is 0. The number of hydrogen-bond donors (Lipinski definition) is 0. The molecule has 0 bridgehead atoms. The molecule has 10 rings (SSSR count). The standard InChI is InChI=1S/2C33H37.C2H6Si.2ClH.Zr/c2*1-32(2,3)26-13-9-24(10-14-26)28-17-18-29(25-11-15-27(16-12-25)33(4,5)6)31-21-23(20-30(28)31)19-22-7-8-22;1-3-2;;;/h2*9-18,20-22H,7-8,19H2,1-6H3;1-2H3;2*1H;/q2*-1;;;;+4/p-2. The van der Waals surface area contributed by atoms with E-state index in [9.17, 15) is 0 Å². The molecule has 2 radical (unpaired) electrons. The normalized spacial score (nSPS) is 13.9. The fourth-order valence-electron chi connectivity index (χ4n) is 9.87. The third-order valence-corrected chi connectivity index (χ3v) is 14.6. The Morgan fingerprint density at radius 1 is 0.403 bits per heavy atom. The van der Waals surface area contributed by atoms with Gasteiger partial charge in [-0.25, -0.2) is 0 Å². The molecular formula is C68H80Cl2SiZr. The van der Waals surface area contributed by atoms with Gasteiger partial charge in [0.25, 0.3) is 0 Å². The van der Waals surface area contributed by atoms with Crippen molar-refractivity contribution in [1.29, 1.82) is 0 Å². The number of fused-ring (bicyclic) bond motifs is 2. The van der Waals surface area contributed by atoms with Crippen LogP contribution in [0.25, 0.3) is 66.1 Å². The van der Waals surface area contributed by atoms with Gasteiger partial charge in [0.1, 0.15) is 0 Å². The van der Waals surface area contributed by atoms with Gasteiger partial charge < -0.3 is 0 Å². The average Bonchev–Trinajstić information content (AvgIpc) is 4.24. The molecular weight excluding hydrogens is 1010 g/mol. The molecule has 0 aliphatic heterocycles. The molecule has 0 unspecified atom stereocenters. The second-order valence-electron chi connectivity index (χ2n) is 24.9. The molecule has 4 heteroatoms. The number of hydrogen-bond acceptors (Lipinski definition) is 0. The van der Waals surface area contributed by atoms with Crippen molar-refractivity contribution in [3.8, 4) is 44.5 Å². The van der Waals surface area contributed by atoms with Crippen molar-refractivity contribution in [3.05, 3.63) is 179 Å². The van der Waals surface area contributed by atoms with E-state index in [1.54, 1.807) is 0 Å². The van der Waals surface area contributed by atoms with Crippen LogP contribution >= 0.6 is 17.0 Å². The Kier molecular flexibility index (Phi) is 18.2. The van der Waals surface area contributed by atoms with E-state index in [4.69, 9.17) is 17.0 Å². The molecule has 374 valence electrons. The maximum atomic E-state index is 4.93. The van der Waals surface area contributed by atoms with Crippen molar-refractivity contribution in [2.24, 2.45) is 11.8 Å². The van der Waals surface area contributed by atoms with Crippen molar-refractivity contribution in [3.63, 3.8) is 0 Å². The van der Waals surface area contributed by atoms with Gasteiger partial charge in [0, 0.05) is 9.52 Å². The minimum absolute atomic E-state index is 0.175. The Morgan fingerprint density at radius 3 is 0.847 bits per heavy atom. The fourth-order valence-corrected chi connectivity index (χ4v) is 9.87. The molecule has 0 nitrogen and oxygen atoms in total. The van der Waals surface area contributed by atoms with Crippen LogP contribution in [0.1, 0.15) is 142 Å². The SMILES string of the molecule is CC(C)(C)c1ccc(-c2ccc(-c3ccc(C(C)(C)C)cc3)c3[cH-]c(CC4CC4)cc23)cc1.CC(C)(C)c1ccc(-c2ccc(-c3ccc(C(C)(C)C)cc3)c3[cH-]c(CC4CC4)cc23)cc1.C[Si]C.[Cl][Zr+2][Cl]. The van der Waals surface area contributed by atoms with Crippen LogP contribution in [-0.2, 0) is 55.3 Å². The Bertz CT molecular complexity index is 2600. The Hall–Kier alpha value is -3.78. The zero-order valence-corrected chi connectivity index (χ0v) is 51.0. The van der Waals surface area contributed by atoms with E-state index in [-0.39, 0.29) is 21.7 Å². The summed E-state index contributed by atoms with van der Waals surface area (Å²) in [6.45, 7) is 31.7. The number of rotatable bonds is 8. The van der Waals surface area contributed by atoms with Crippen molar-refractivity contribution in [1.82, 2.24) is 0 Å². The Morgan fingerprint density at radius 2 is 0.625 bits per heavy atom. The number of halogens is 2. The van der Waals surface area contributed by atoms with Gasteiger partial charge in [-0.3, -0.25) is 0 Å². The van der Waals surface area contributed by atoms with E-state index in [1.165, 1.54) is 138 Å². The van der Waals surface area contributed by atoms with Crippen LogP contribution in [0, 0.1) is 11.8 Å². The van der Waals surface area contributed by atoms with Gasteiger partial charge in [-0.1, -0.05) is 251 Å². The van der Waals surface area contributed by atoms with E-state index < -0.39 is 20.8 Å². The van der Waals surface area contributed by atoms with Crippen LogP contribution in [0.15, 0.2) is 146 Å². The molecule has 0 heterocycles. The van der Waals surface area contributed by atoms with Crippen molar-refractivity contribution >= 4 is 48.1 Å². The van der Waals surface area contributed by atoms with Gasteiger partial charge in [0.15, 0.2) is 0 Å². The second-order valence-corrected chi connectivity index (χ2v) is 29.6. The van der Waals surface area contributed by atoms with Crippen molar-refractivity contribution in [2.75, 3.05) is 0 Å². The van der Waals surface area contributed by atoms with Gasteiger partial charge in [-0.05, 0) is 105 Å². The van der Waals surface area contributed by atoms with Crippen LogP contribution in [0.5, 0.6) is 0 Å². The summed E-state index contributed by atoms with van der Waals surface area (Å²) in [5, 5.41) is 5.58. The topological polar surface area (TPSA) is 0 Å². The van der Waals surface area contributed by atoms with Crippen LogP contribution in [0.2, 0.25) is 13.1 Å². The molecule has 0 spiro atoms. The van der Waals surface area contributed by atoms with Crippen LogP contribution < -0.4 is 0 Å². The minimum atomic E-state index is -0.826. The zero-order valence-electron chi connectivity index (χ0n) is 46.0. The summed E-state index contributed by atoms with van der Waals surface area (Å²) in [6, 6.07) is 56.1. The molecule has 2 aliphatic carbocycles. The van der Waals surface area contributed by atoms with Crippen molar-refractivity contribution < 1.29 is 20.8 Å². The van der Waals surface area contributed by atoms with E-state index >= 15 is 0 Å². The molecule has 0 aromatic heterocycles. The van der Waals surface area contributed by atoms with Gasteiger partial charge in [0.2, 0.25) is 0 Å². The van der Waals surface area contributed by atoms with Gasteiger partial charge in [-0.15, -0.1) is 44.8 Å². The summed E-state index contributed by atoms with van der Waals surface area (Å²) in [5.74, 6) is 1.79. The Labute approximate surface area is 457 Å². The van der Waals surface area contributed by atoms with Crippen molar-refractivity contribution in [2.45, 2.75) is 156 Å². The van der Waals surface area contributed by atoms with Crippen LogP contribution in [0.4, 0.5) is 0 Å². The molecule has 8 aromatic rings. The molecule has 2 aliphatic rings. The fraction of sp³-hybridized carbons (Fsp3) is 0.382. The van der Waals surface area contributed by atoms with Gasteiger partial charge in [0.05, 0.1) is 0 Å². The zero-order chi connectivity index (χ0) is 52.2. The second kappa shape index (κ2) is 23.4. The number of benzene rings is 6. The monoisotopic (exact) mass is 1080 g/mol. The molecule has 2 fully saturated rings. The molecule has 8 aromatic carbocycles. The predicted octanol–water partition coefficient (Wildman–Crippen LogP) is 21.0. The van der Waals surface area contributed by atoms with Crippen LogP contribution in [-0.4, -0.2) is 9.52 Å². The summed E-state index contributed by atoms with van der Waals surface area (Å²) in [7, 11) is 11.0. The quantitative estimate of drug-likeness (QED) is 0.105. The third kappa shape index (κ3) is 14.3. The molecule has 72 heavy (non-hydrogen) atoms. The molecule has 0 amide bonds. The average molecular weight is 1090 g/mol. The first kappa shape index (κ1) is 56.0. The van der Waals surface area contributed by atoms with E-state index in [0.29, 0.717) is 0 Å².